The predicted molar refractivity (Wildman–Crippen MR) is 117 cm³/mol. The van der Waals surface area contributed by atoms with E-state index in [1.807, 2.05) is 24.3 Å². The van der Waals surface area contributed by atoms with Crippen molar-refractivity contribution in [1.82, 2.24) is 30.2 Å². The van der Waals surface area contributed by atoms with E-state index >= 15 is 0 Å². The van der Waals surface area contributed by atoms with E-state index in [1.165, 1.54) is 0 Å². The number of carbonyl (C=O) groups is 1. The van der Waals surface area contributed by atoms with Crippen molar-refractivity contribution in [3.05, 3.63) is 58.3 Å². The second-order valence-electron chi connectivity index (χ2n) is 6.44. The van der Waals surface area contributed by atoms with Crippen LogP contribution in [0.15, 0.2) is 46.9 Å². The summed E-state index contributed by atoms with van der Waals surface area (Å²) in [7, 11) is 3.13. The highest BCUT2D eigenvalue weighted by Crippen LogP contribution is 2.31. The standard InChI is InChI=1S/C20H18BrN7O3/c1-11-17(24-27-28(11)13-6-4-5-12(21)9-13)19(29)23-20-22-18(25-26-20)15-8-7-14(30-2)10-16(15)31-3/h4-10H,1-3H3,(H2,22,23,25,26,29). The van der Waals surface area contributed by atoms with E-state index in [0.29, 0.717) is 28.6 Å². The van der Waals surface area contributed by atoms with E-state index in [-0.39, 0.29) is 11.6 Å². The third kappa shape index (κ3) is 4.12. The number of methoxy groups -OCH3 is 2. The van der Waals surface area contributed by atoms with E-state index in [4.69, 9.17) is 9.47 Å². The van der Waals surface area contributed by atoms with Crippen LogP contribution in [0.3, 0.4) is 0 Å². The average molecular weight is 484 g/mol. The molecular weight excluding hydrogens is 466 g/mol. The molecule has 4 aromatic rings. The molecular formula is C20H18BrN7O3. The van der Waals surface area contributed by atoms with E-state index in [0.717, 1.165) is 10.2 Å². The minimum absolute atomic E-state index is 0.106. The van der Waals surface area contributed by atoms with Gasteiger partial charge in [0, 0.05) is 10.5 Å². The molecule has 31 heavy (non-hydrogen) atoms. The highest BCUT2D eigenvalue weighted by atomic mass is 79.9. The van der Waals surface area contributed by atoms with Crippen molar-refractivity contribution in [3.63, 3.8) is 0 Å². The number of H-pyrrole nitrogens is 1. The van der Waals surface area contributed by atoms with E-state index in [9.17, 15) is 4.79 Å². The predicted octanol–water partition coefficient (Wildman–Crippen LogP) is 3.39. The first kappa shape index (κ1) is 20.5. The molecule has 11 heteroatoms. The molecule has 2 aromatic carbocycles. The molecule has 2 aromatic heterocycles. The molecule has 0 fully saturated rings. The molecule has 158 valence electrons. The Bertz CT molecular complexity index is 1250. The van der Waals surface area contributed by atoms with Crippen molar-refractivity contribution in [3.8, 4) is 28.6 Å². The highest BCUT2D eigenvalue weighted by Gasteiger charge is 2.20. The van der Waals surface area contributed by atoms with Crippen molar-refractivity contribution < 1.29 is 14.3 Å². The topological polar surface area (TPSA) is 120 Å². The van der Waals surface area contributed by atoms with Gasteiger partial charge in [-0.1, -0.05) is 27.2 Å². The monoisotopic (exact) mass is 483 g/mol. The number of aromatic nitrogens is 6. The molecule has 1 amide bonds. The van der Waals surface area contributed by atoms with Crippen LogP contribution < -0.4 is 14.8 Å². The molecule has 0 aliphatic rings. The lowest BCUT2D eigenvalue weighted by Crippen LogP contribution is -2.15. The lowest BCUT2D eigenvalue weighted by molar-refractivity contribution is 0.102. The summed E-state index contributed by atoms with van der Waals surface area (Å²) >= 11 is 3.43. The van der Waals surface area contributed by atoms with Crippen molar-refractivity contribution in [2.24, 2.45) is 0 Å². The molecule has 0 aliphatic carbocycles. The van der Waals surface area contributed by atoms with Crippen LogP contribution in [-0.4, -0.2) is 50.3 Å². The minimum atomic E-state index is -0.467. The van der Waals surface area contributed by atoms with Crippen LogP contribution in [0, 0.1) is 6.92 Å². The van der Waals surface area contributed by atoms with Crippen LogP contribution in [0.25, 0.3) is 17.1 Å². The van der Waals surface area contributed by atoms with Gasteiger partial charge in [0.15, 0.2) is 11.5 Å². The zero-order chi connectivity index (χ0) is 22.0. The summed E-state index contributed by atoms with van der Waals surface area (Å²) in [5, 5.41) is 17.6. The first-order chi connectivity index (χ1) is 15.0. The maximum absolute atomic E-state index is 12.7. The second-order valence-corrected chi connectivity index (χ2v) is 7.36. The Kier molecular flexibility index (Phi) is 5.67. The molecule has 0 unspecified atom stereocenters. The number of nitrogens with zero attached hydrogens (tertiary/aromatic N) is 5. The number of ether oxygens (including phenoxy) is 2. The fraction of sp³-hybridized carbons (Fsp3) is 0.150. The summed E-state index contributed by atoms with van der Waals surface area (Å²) in [5.41, 5.74) is 2.22. The Morgan fingerprint density at radius 3 is 2.74 bits per heavy atom. The molecule has 0 radical (unpaired) electrons. The van der Waals surface area contributed by atoms with Crippen molar-refractivity contribution in [2.75, 3.05) is 19.5 Å². The van der Waals surface area contributed by atoms with Crippen LogP contribution in [-0.2, 0) is 0 Å². The second kappa shape index (κ2) is 8.56. The summed E-state index contributed by atoms with van der Waals surface area (Å²) in [6.07, 6.45) is 0. The van der Waals surface area contributed by atoms with Gasteiger partial charge in [-0.3, -0.25) is 15.2 Å². The van der Waals surface area contributed by atoms with Gasteiger partial charge in [-0.25, -0.2) is 4.68 Å². The first-order valence-electron chi connectivity index (χ1n) is 9.14. The number of rotatable bonds is 6. The third-order valence-electron chi connectivity index (χ3n) is 4.54. The van der Waals surface area contributed by atoms with Crippen LogP contribution in [0.2, 0.25) is 0 Å². The lowest BCUT2D eigenvalue weighted by atomic mass is 10.2. The summed E-state index contributed by atoms with van der Waals surface area (Å²) < 4.78 is 13.1. The van der Waals surface area contributed by atoms with Crippen LogP contribution in [0.4, 0.5) is 5.95 Å². The van der Waals surface area contributed by atoms with Crippen molar-refractivity contribution in [2.45, 2.75) is 6.92 Å². The number of amides is 1. The van der Waals surface area contributed by atoms with Crippen LogP contribution in [0.1, 0.15) is 16.2 Å². The maximum atomic E-state index is 12.7. The average Bonchev–Trinajstić information content (AvgIpc) is 3.39. The quantitative estimate of drug-likeness (QED) is 0.431. The molecule has 0 bridgehead atoms. The smallest absolute Gasteiger partial charge is 0.280 e. The molecule has 10 nitrogen and oxygen atoms in total. The molecule has 2 heterocycles. The first-order valence-corrected chi connectivity index (χ1v) is 9.94. The Hall–Kier alpha value is -3.73. The number of aromatic amines is 1. The van der Waals surface area contributed by atoms with Gasteiger partial charge < -0.3 is 9.47 Å². The van der Waals surface area contributed by atoms with Gasteiger partial charge in [0.05, 0.1) is 31.2 Å². The van der Waals surface area contributed by atoms with Crippen LogP contribution in [0.5, 0.6) is 11.5 Å². The summed E-state index contributed by atoms with van der Waals surface area (Å²) in [6.45, 7) is 1.77. The minimum Gasteiger partial charge on any atom is -0.497 e. The number of halogens is 1. The molecule has 0 saturated carbocycles. The molecule has 4 rings (SSSR count). The summed E-state index contributed by atoms with van der Waals surface area (Å²) in [6, 6.07) is 12.8. The van der Waals surface area contributed by atoms with Gasteiger partial charge in [0.25, 0.3) is 5.91 Å². The largest absolute Gasteiger partial charge is 0.497 e. The van der Waals surface area contributed by atoms with Gasteiger partial charge >= 0.3 is 0 Å². The number of anilines is 1. The van der Waals surface area contributed by atoms with Crippen molar-refractivity contribution >= 4 is 27.8 Å². The summed E-state index contributed by atoms with van der Waals surface area (Å²) in [4.78, 5) is 17.1. The Labute approximate surface area is 185 Å². The fourth-order valence-corrected chi connectivity index (χ4v) is 3.37. The fourth-order valence-electron chi connectivity index (χ4n) is 2.99. The van der Waals surface area contributed by atoms with Gasteiger partial charge in [-0.15, -0.1) is 10.2 Å². The number of benzene rings is 2. The molecule has 2 N–H and O–H groups in total. The zero-order valence-corrected chi connectivity index (χ0v) is 18.5. The third-order valence-corrected chi connectivity index (χ3v) is 5.03. The highest BCUT2D eigenvalue weighted by molar-refractivity contribution is 9.10. The molecule has 0 aliphatic heterocycles. The molecule has 0 spiro atoms. The van der Waals surface area contributed by atoms with Gasteiger partial charge in [-0.05, 0) is 37.3 Å². The van der Waals surface area contributed by atoms with Gasteiger partial charge in [0.2, 0.25) is 5.95 Å². The Balaban J connectivity index is 1.55. The van der Waals surface area contributed by atoms with Crippen molar-refractivity contribution in [1.29, 1.82) is 0 Å². The van der Waals surface area contributed by atoms with E-state index in [2.05, 4.69) is 46.7 Å². The lowest BCUT2D eigenvalue weighted by Gasteiger charge is -2.07. The SMILES string of the molecule is COc1ccc(-c2nc(NC(=O)c3nnn(-c4cccc(Br)c4)c3C)n[nH]2)c(OC)c1. The molecule has 0 atom stereocenters. The van der Waals surface area contributed by atoms with Gasteiger partial charge in [-0.2, -0.15) is 4.98 Å². The molecule has 0 saturated heterocycles. The van der Waals surface area contributed by atoms with E-state index < -0.39 is 5.91 Å². The van der Waals surface area contributed by atoms with Crippen LogP contribution >= 0.6 is 15.9 Å². The Morgan fingerprint density at radius 2 is 2.00 bits per heavy atom. The number of carbonyl (C=O) groups excluding carboxylic acids is 1. The number of nitrogens with one attached hydrogen (secondary N) is 2. The maximum Gasteiger partial charge on any atom is 0.280 e. The summed E-state index contributed by atoms with van der Waals surface area (Å²) in [5.74, 6) is 1.28. The van der Waals surface area contributed by atoms with Gasteiger partial charge in [0.1, 0.15) is 11.5 Å². The number of hydrogen-bond donors (Lipinski definition) is 2. The normalized spacial score (nSPS) is 10.7. The number of hydrogen-bond acceptors (Lipinski definition) is 7. The van der Waals surface area contributed by atoms with E-state index in [1.54, 1.807) is 44.0 Å². The zero-order valence-electron chi connectivity index (χ0n) is 16.9. The Morgan fingerprint density at radius 1 is 1.16 bits per heavy atom.